The summed E-state index contributed by atoms with van der Waals surface area (Å²) in [5.74, 6) is 0.128. The van der Waals surface area contributed by atoms with E-state index in [-0.39, 0.29) is 5.56 Å². The molecular weight excluding hydrogens is 267 g/mol. The van der Waals surface area contributed by atoms with Crippen LogP contribution in [0.25, 0.3) is 11.4 Å². The molecule has 0 saturated carbocycles. The maximum Gasteiger partial charge on any atom is 0.181 e. The molecule has 0 unspecified atom stereocenters. The first kappa shape index (κ1) is 13.0. The minimum Gasteiger partial charge on any atom is -0.248 e. The summed E-state index contributed by atoms with van der Waals surface area (Å²) >= 11 is 0. The van der Waals surface area contributed by atoms with E-state index in [1.165, 1.54) is 12.1 Å². The molecule has 5 heteroatoms. The molecule has 2 aromatic carbocycles. The van der Waals surface area contributed by atoms with Crippen LogP contribution < -0.4 is 0 Å². The number of nitriles is 1. The standard InChI is InChI=1S/C16H11FN4/c17-15-7-6-12(8-14(15)9-18)10-21-11-19-16(20-21)13-4-2-1-3-5-13/h1-8,11H,10H2. The zero-order valence-electron chi connectivity index (χ0n) is 11.1. The lowest BCUT2D eigenvalue weighted by atomic mass is 10.1. The number of nitrogens with zero attached hydrogens (tertiary/aromatic N) is 4. The molecule has 0 amide bonds. The van der Waals surface area contributed by atoms with Gasteiger partial charge >= 0.3 is 0 Å². The number of aromatic nitrogens is 3. The molecule has 0 bridgehead atoms. The zero-order valence-corrected chi connectivity index (χ0v) is 11.1. The fraction of sp³-hybridized carbons (Fsp3) is 0.0625. The largest absolute Gasteiger partial charge is 0.248 e. The summed E-state index contributed by atoms with van der Waals surface area (Å²) in [6, 6.07) is 15.9. The minimum atomic E-state index is -0.509. The normalized spacial score (nSPS) is 10.3. The molecule has 0 fully saturated rings. The Labute approximate surface area is 121 Å². The highest BCUT2D eigenvalue weighted by molar-refractivity contribution is 5.53. The van der Waals surface area contributed by atoms with Crippen molar-refractivity contribution in [1.82, 2.24) is 14.8 Å². The lowest BCUT2D eigenvalue weighted by Gasteiger charge is -2.02. The number of benzene rings is 2. The average Bonchev–Trinajstić information content (AvgIpc) is 2.98. The van der Waals surface area contributed by atoms with E-state index in [1.54, 1.807) is 17.1 Å². The van der Waals surface area contributed by atoms with E-state index >= 15 is 0 Å². The topological polar surface area (TPSA) is 54.5 Å². The summed E-state index contributed by atoms with van der Waals surface area (Å²) < 4.78 is 14.9. The van der Waals surface area contributed by atoms with E-state index in [0.29, 0.717) is 12.4 Å². The quantitative estimate of drug-likeness (QED) is 0.740. The second-order valence-electron chi connectivity index (χ2n) is 4.56. The van der Waals surface area contributed by atoms with Gasteiger partial charge in [-0.3, -0.25) is 0 Å². The Morgan fingerprint density at radius 1 is 1.14 bits per heavy atom. The molecule has 0 aliphatic heterocycles. The molecule has 3 rings (SSSR count). The highest BCUT2D eigenvalue weighted by atomic mass is 19.1. The van der Waals surface area contributed by atoms with Crippen LogP contribution in [0.1, 0.15) is 11.1 Å². The number of hydrogen-bond acceptors (Lipinski definition) is 3. The van der Waals surface area contributed by atoms with Crippen molar-refractivity contribution in [1.29, 1.82) is 5.26 Å². The molecular formula is C16H11FN4. The molecule has 21 heavy (non-hydrogen) atoms. The molecule has 102 valence electrons. The van der Waals surface area contributed by atoms with E-state index in [0.717, 1.165) is 11.1 Å². The van der Waals surface area contributed by atoms with Gasteiger partial charge in [-0.05, 0) is 17.7 Å². The third-order valence-electron chi connectivity index (χ3n) is 3.06. The summed E-state index contributed by atoms with van der Waals surface area (Å²) in [7, 11) is 0. The van der Waals surface area contributed by atoms with Gasteiger partial charge in [-0.25, -0.2) is 14.1 Å². The van der Waals surface area contributed by atoms with Gasteiger partial charge in [-0.2, -0.15) is 10.4 Å². The van der Waals surface area contributed by atoms with Crippen molar-refractivity contribution in [2.75, 3.05) is 0 Å². The monoisotopic (exact) mass is 278 g/mol. The van der Waals surface area contributed by atoms with Crippen LogP contribution in [0.5, 0.6) is 0 Å². The first-order valence-corrected chi connectivity index (χ1v) is 6.39. The van der Waals surface area contributed by atoms with Gasteiger partial charge in [0.2, 0.25) is 0 Å². The van der Waals surface area contributed by atoms with E-state index in [1.807, 2.05) is 36.4 Å². The highest BCUT2D eigenvalue weighted by Crippen LogP contribution is 2.14. The van der Waals surface area contributed by atoms with Crippen molar-refractivity contribution in [3.05, 3.63) is 71.8 Å². The van der Waals surface area contributed by atoms with Gasteiger partial charge < -0.3 is 0 Å². The SMILES string of the molecule is N#Cc1cc(Cn2cnc(-c3ccccc3)n2)ccc1F. The maximum absolute atomic E-state index is 13.3. The fourth-order valence-corrected chi connectivity index (χ4v) is 2.03. The summed E-state index contributed by atoms with van der Waals surface area (Å²) in [4.78, 5) is 4.26. The van der Waals surface area contributed by atoms with Crippen LogP contribution in [-0.2, 0) is 6.54 Å². The summed E-state index contributed by atoms with van der Waals surface area (Å²) in [5.41, 5.74) is 1.78. The van der Waals surface area contributed by atoms with Crippen molar-refractivity contribution in [3.8, 4) is 17.5 Å². The van der Waals surface area contributed by atoms with E-state index in [4.69, 9.17) is 5.26 Å². The molecule has 4 nitrogen and oxygen atoms in total. The Bertz CT molecular complexity index is 803. The fourth-order valence-electron chi connectivity index (χ4n) is 2.03. The first-order valence-electron chi connectivity index (χ1n) is 6.39. The van der Waals surface area contributed by atoms with Crippen LogP contribution in [0.2, 0.25) is 0 Å². The van der Waals surface area contributed by atoms with Gasteiger partial charge in [0.25, 0.3) is 0 Å². The summed E-state index contributed by atoms with van der Waals surface area (Å²) in [6.45, 7) is 0.439. The molecule has 0 spiro atoms. The smallest absolute Gasteiger partial charge is 0.181 e. The molecule has 1 aromatic heterocycles. The van der Waals surface area contributed by atoms with Crippen molar-refractivity contribution in [2.45, 2.75) is 6.54 Å². The molecule has 0 N–H and O–H groups in total. The number of rotatable bonds is 3. The molecule has 0 atom stereocenters. The summed E-state index contributed by atoms with van der Waals surface area (Å²) in [6.07, 6.45) is 1.62. The van der Waals surface area contributed by atoms with E-state index in [2.05, 4.69) is 10.1 Å². The van der Waals surface area contributed by atoms with Gasteiger partial charge in [-0.15, -0.1) is 0 Å². The molecule has 0 aliphatic rings. The molecule has 0 saturated heterocycles. The zero-order chi connectivity index (χ0) is 14.7. The minimum absolute atomic E-state index is 0.0379. The molecule has 3 aromatic rings. The average molecular weight is 278 g/mol. The van der Waals surface area contributed by atoms with Crippen molar-refractivity contribution in [2.24, 2.45) is 0 Å². The Kier molecular flexibility index (Phi) is 3.44. The molecule has 1 heterocycles. The van der Waals surface area contributed by atoms with Crippen molar-refractivity contribution < 1.29 is 4.39 Å². The third-order valence-corrected chi connectivity index (χ3v) is 3.06. The highest BCUT2D eigenvalue weighted by Gasteiger charge is 2.06. The third kappa shape index (κ3) is 2.79. The van der Waals surface area contributed by atoms with Gasteiger partial charge in [-0.1, -0.05) is 36.4 Å². The summed E-state index contributed by atoms with van der Waals surface area (Å²) in [5, 5.41) is 13.2. The van der Waals surface area contributed by atoms with Crippen LogP contribution in [-0.4, -0.2) is 14.8 Å². The number of hydrogen-bond donors (Lipinski definition) is 0. The van der Waals surface area contributed by atoms with Crippen molar-refractivity contribution >= 4 is 0 Å². The molecule has 0 aliphatic carbocycles. The van der Waals surface area contributed by atoms with Crippen molar-refractivity contribution in [3.63, 3.8) is 0 Å². The van der Waals surface area contributed by atoms with Crippen LogP contribution in [0.15, 0.2) is 54.9 Å². The van der Waals surface area contributed by atoms with Crippen LogP contribution in [0.3, 0.4) is 0 Å². The van der Waals surface area contributed by atoms with Crippen LogP contribution >= 0.6 is 0 Å². The Morgan fingerprint density at radius 2 is 1.95 bits per heavy atom. The van der Waals surface area contributed by atoms with Gasteiger partial charge in [0.05, 0.1) is 12.1 Å². The lowest BCUT2D eigenvalue weighted by molar-refractivity contribution is 0.620. The number of halogens is 1. The Balaban J connectivity index is 1.84. The van der Waals surface area contributed by atoms with Gasteiger partial charge in [0, 0.05) is 5.56 Å². The Hall–Kier alpha value is -3.00. The van der Waals surface area contributed by atoms with Crippen LogP contribution in [0.4, 0.5) is 4.39 Å². The lowest BCUT2D eigenvalue weighted by Crippen LogP contribution is -2.01. The van der Waals surface area contributed by atoms with Gasteiger partial charge in [0.1, 0.15) is 18.2 Å². The second-order valence-corrected chi connectivity index (χ2v) is 4.56. The van der Waals surface area contributed by atoms with Crippen LogP contribution in [0, 0.1) is 17.1 Å². The van der Waals surface area contributed by atoms with Gasteiger partial charge in [0.15, 0.2) is 5.82 Å². The molecule has 0 radical (unpaired) electrons. The predicted octanol–water partition coefficient (Wildman–Crippen LogP) is 3.00. The second kappa shape index (κ2) is 5.55. The predicted molar refractivity (Wildman–Crippen MR) is 75.7 cm³/mol. The first-order chi connectivity index (χ1) is 10.3. The van der Waals surface area contributed by atoms with E-state index in [9.17, 15) is 4.39 Å². The Morgan fingerprint density at radius 3 is 2.71 bits per heavy atom. The maximum atomic E-state index is 13.3. The van der Waals surface area contributed by atoms with E-state index < -0.39 is 5.82 Å².